The summed E-state index contributed by atoms with van der Waals surface area (Å²) in [7, 11) is 0. The SMILES string of the molecule is CC(C)C(O)C(C)(C)CNC(=O)C1CC1. The van der Waals surface area contributed by atoms with Crippen LogP contribution in [-0.4, -0.2) is 23.7 Å². The van der Waals surface area contributed by atoms with Gasteiger partial charge in [0.15, 0.2) is 0 Å². The van der Waals surface area contributed by atoms with E-state index in [0.29, 0.717) is 6.54 Å². The Morgan fingerprint density at radius 1 is 1.47 bits per heavy atom. The van der Waals surface area contributed by atoms with Crippen molar-refractivity contribution in [2.24, 2.45) is 17.3 Å². The van der Waals surface area contributed by atoms with Crippen LogP contribution in [0.1, 0.15) is 40.5 Å². The number of aliphatic hydroxyl groups is 1. The van der Waals surface area contributed by atoms with Gasteiger partial charge in [0.1, 0.15) is 0 Å². The molecule has 0 spiro atoms. The molecule has 1 aliphatic rings. The summed E-state index contributed by atoms with van der Waals surface area (Å²) in [5.74, 6) is 0.619. The van der Waals surface area contributed by atoms with Crippen LogP contribution < -0.4 is 5.32 Å². The molecule has 0 radical (unpaired) electrons. The van der Waals surface area contributed by atoms with Gasteiger partial charge in [0.25, 0.3) is 0 Å². The van der Waals surface area contributed by atoms with E-state index in [9.17, 15) is 9.90 Å². The fourth-order valence-corrected chi connectivity index (χ4v) is 1.81. The minimum absolute atomic E-state index is 0.152. The molecule has 2 N–H and O–H groups in total. The molecule has 1 amide bonds. The van der Waals surface area contributed by atoms with Crippen LogP contribution in [0.5, 0.6) is 0 Å². The number of hydrogen-bond donors (Lipinski definition) is 2. The van der Waals surface area contributed by atoms with Gasteiger partial charge in [-0.3, -0.25) is 4.79 Å². The highest BCUT2D eigenvalue weighted by atomic mass is 16.3. The molecule has 1 atom stereocenters. The first-order valence-corrected chi connectivity index (χ1v) is 5.80. The Kier molecular flexibility index (Phi) is 3.77. The average molecular weight is 213 g/mol. The molecule has 3 heteroatoms. The van der Waals surface area contributed by atoms with E-state index in [-0.39, 0.29) is 29.3 Å². The molecule has 1 rings (SSSR count). The second-order valence-electron chi connectivity index (χ2n) is 5.67. The summed E-state index contributed by atoms with van der Waals surface area (Å²) in [5, 5.41) is 12.9. The third kappa shape index (κ3) is 3.49. The standard InChI is InChI=1S/C12H23NO2/c1-8(2)10(14)12(3,4)7-13-11(15)9-5-6-9/h8-10,14H,5-7H2,1-4H3,(H,13,15). The van der Waals surface area contributed by atoms with Crippen LogP contribution in [0.2, 0.25) is 0 Å². The molecule has 0 aromatic rings. The number of rotatable bonds is 5. The first kappa shape index (κ1) is 12.5. The number of nitrogens with one attached hydrogen (secondary N) is 1. The molecule has 1 fully saturated rings. The highest BCUT2D eigenvalue weighted by Gasteiger charge is 2.34. The molecule has 1 aliphatic carbocycles. The number of amides is 1. The third-order valence-electron chi connectivity index (χ3n) is 3.10. The van der Waals surface area contributed by atoms with E-state index in [1.807, 2.05) is 27.7 Å². The van der Waals surface area contributed by atoms with Crippen LogP contribution >= 0.6 is 0 Å². The Morgan fingerprint density at radius 2 is 2.00 bits per heavy atom. The monoisotopic (exact) mass is 213 g/mol. The lowest BCUT2D eigenvalue weighted by molar-refractivity contribution is -0.123. The van der Waals surface area contributed by atoms with Crippen molar-refractivity contribution >= 4 is 5.91 Å². The largest absolute Gasteiger partial charge is 0.392 e. The maximum atomic E-state index is 11.5. The predicted octanol–water partition coefficient (Wildman–Crippen LogP) is 1.56. The van der Waals surface area contributed by atoms with Crippen molar-refractivity contribution in [3.05, 3.63) is 0 Å². The quantitative estimate of drug-likeness (QED) is 0.728. The normalized spacial score (nSPS) is 19.1. The van der Waals surface area contributed by atoms with E-state index in [1.54, 1.807) is 0 Å². The van der Waals surface area contributed by atoms with Crippen LogP contribution in [0.25, 0.3) is 0 Å². The lowest BCUT2D eigenvalue weighted by Crippen LogP contribution is -2.43. The first-order valence-electron chi connectivity index (χ1n) is 5.80. The summed E-state index contributed by atoms with van der Waals surface area (Å²) in [6.07, 6.45) is 1.68. The van der Waals surface area contributed by atoms with Crippen LogP contribution in [0.15, 0.2) is 0 Å². The Bertz CT molecular complexity index is 232. The molecule has 0 aliphatic heterocycles. The van der Waals surface area contributed by atoms with Gasteiger partial charge in [-0.15, -0.1) is 0 Å². The molecule has 0 bridgehead atoms. The summed E-state index contributed by atoms with van der Waals surface area (Å²) >= 11 is 0. The maximum Gasteiger partial charge on any atom is 0.223 e. The summed E-state index contributed by atoms with van der Waals surface area (Å²) in [5.41, 5.74) is -0.251. The summed E-state index contributed by atoms with van der Waals surface area (Å²) in [6.45, 7) is 8.53. The number of carbonyl (C=O) groups is 1. The lowest BCUT2D eigenvalue weighted by Gasteiger charge is -2.33. The van der Waals surface area contributed by atoms with E-state index < -0.39 is 0 Å². The maximum absolute atomic E-state index is 11.5. The van der Waals surface area contributed by atoms with E-state index in [2.05, 4.69) is 5.32 Å². The molecule has 0 aromatic heterocycles. The molecule has 1 unspecified atom stereocenters. The minimum atomic E-state index is -0.378. The highest BCUT2D eigenvalue weighted by Crippen LogP contribution is 2.30. The zero-order chi connectivity index (χ0) is 11.6. The third-order valence-corrected chi connectivity index (χ3v) is 3.10. The fourth-order valence-electron chi connectivity index (χ4n) is 1.81. The molecule has 0 heterocycles. The summed E-state index contributed by atoms with van der Waals surface area (Å²) < 4.78 is 0. The van der Waals surface area contributed by atoms with Crippen LogP contribution in [0.4, 0.5) is 0 Å². The summed E-state index contributed by atoms with van der Waals surface area (Å²) in [4.78, 5) is 11.5. The predicted molar refractivity (Wildman–Crippen MR) is 60.4 cm³/mol. The van der Waals surface area contributed by atoms with Gasteiger partial charge < -0.3 is 10.4 Å². The molecule has 15 heavy (non-hydrogen) atoms. The van der Waals surface area contributed by atoms with Gasteiger partial charge in [0, 0.05) is 17.9 Å². The van der Waals surface area contributed by atoms with E-state index in [4.69, 9.17) is 0 Å². The molecule has 0 saturated heterocycles. The van der Waals surface area contributed by atoms with Gasteiger partial charge in [-0.25, -0.2) is 0 Å². The van der Waals surface area contributed by atoms with Crippen molar-refractivity contribution in [3.8, 4) is 0 Å². The highest BCUT2D eigenvalue weighted by molar-refractivity contribution is 5.80. The topological polar surface area (TPSA) is 49.3 Å². The Morgan fingerprint density at radius 3 is 2.40 bits per heavy atom. The van der Waals surface area contributed by atoms with Crippen molar-refractivity contribution in [1.29, 1.82) is 0 Å². The van der Waals surface area contributed by atoms with E-state index >= 15 is 0 Å². The summed E-state index contributed by atoms with van der Waals surface area (Å²) in [6, 6.07) is 0. The van der Waals surface area contributed by atoms with Gasteiger partial charge in [-0.05, 0) is 18.8 Å². The average Bonchev–Trinajstić information content (AvgIpc) is 2.96. The molecule has 0 aromatic carbocycles. The van der Waals surface area contributed by atoms with Crippen molar-refractivity contribution in [3.63, 3.8) is 0 Å². The van der Waals surface area contributed by atoms with Crippen molar-refractivity contribution in [1.82, 2.24) is 5.32 Å². The molecule has 3 nitrogen and oxygen atoms in total. The molecular formula is C12H23NO2. The van der Waals surface area contributed by atoms with Gasteiger partial charge in [0.05, 0.1) is 6.10 Å². The van der Waals surface area contributed by atoms with E-state index in [1.165, 1.54) is 0 Å². The van der Waals surface area contributed by atoms with Gasteiger partial charge in [0.2, 0.25) is 5.91 Å². The van der Waals surface area contributed by atoms with Crippen molar-refractivity contribution < 1.29 is 9.90 Å². The van der Waals surface area contributed by atoms with Gasteiger partial charge in [-0.1, -0.05) is 27.7 Å². The van der Waals surface area contributed by atoms with Gasteiger partial charge >= 0.3 is 0 Å². The lowest BCUT2D eigenvalue weighted by atomic mass is 9.80. The van der Waals surface area contributed by atoms with Crippen LogP contribution in [-0.2, 0) is 4.79 Å². The fraction of sp³-hybridized carbons (Fsp3) is 0.917. The number of hydrogen-bond acceptors (Lipinski definition) is 2. The van der Waals surface area contributed by atoms with Crippen molar-refractivity contribution in [2.75, 3.05) is 6.54 Å². The Balaban J connectivity index is 2.37. The first-order chi connectivity index (χ1) is 6.84. The Hall–Kier alpha value is -0.570. The van der Waals surface area contributed by atoms with Crippen molar-refractivity contribution in [2.45, 2.75) is 46.6 Å². The zero-order valence-corrected chi connectivity index (χ0v) is 10.2. The van der Waals surface area contributed by atoms with Gasteiger partial charge in [-0.2, -0.15) is 0 Å². The number of carbonyl (C=O) groups excluding carboxylic acids is 1. The van der Waals surface area contributed by atoms with Crippen LogP contribution in [0, 0.1) is 17.3 Å². The smallest absolute Gasteiger partial charge is 0.223 e. The minimum Gasteiger partial charge on any atom is -0.392 e. The Labute approximate surface area is 92.3 Å². The zero-order valence-electron chi connectivity index (χ0n) is 10.2. The van der Waals surface area contributed by atoms with E-state index in [0.717, 1.165) is 12.8 Å². The molecule has 1 saturated carbocycles. The molecule has 88 valence electrons. The second-order valence-corrected chi connectivity index (χ2v) is 5.67. The second kappa shape index (κ2) is 4.52. The van der Waals surface area contributed by atoms with Crippen LogP contribution in [0.3, 0.4) is 0 Å². The molecular weight excluding hydrogens is 190 g/mol. The number of aliphatic hydroxyl groups excluding tert-OH is 1.